The third kappa shape index (κ3) is 6.25. The van der Waals surface area contributed by atoms with Crippen LogP contribution in [0.2, 0.25) is 0 Å². The van der Waals surface area contributed by atoms with Gasteiger partial charge in [-0.25, -0.2) is 4.39 Å². The van der Waals surface area contributed by atoms with Gasteiger partial charge in [0, 0.05) is 18.7 Å². The molecule has 0 aliphatic carbocycles. The molecule has 1 N–H and O–H groups in total. The zero-order valence-corrected chi connectivity index (χ0v) is 22.9. The molecule has 1 unspecified atom stereocenters. The number of aryl methyl sites for hydroxylation is 1. The Morgan fingerprint density at radius 2 is 1.77 bits per heavy atom. The number of fused-ring (bicyclic) bond motifs is 1. The molecule has 0 spiro atoms. The SMILES string of the molecule is Cc1ccc(C2c3cc(OCc4ccc(C(=O)Nc5ccc(F)cc5)o4)ccc3CCN2C(=O)CC(C)C)cc1. The van der Waals surface area contributed by atoms with Crippen LogP contribution in [0.5, 0.6) is 5.75 Å². The smallest absolute Gasteiger partial charge is 0.291 e. The van der Waals surface area contributed by atoms with Crippen molar-refractivity contribution in [3.63, 3.8) is 0 Å². The van der Waals surface area contributed by atoms with Gasteiger partial charge < -0.3 is 19.4 Å². The van der Waals surface area contributed by atoms with Gasteiger partial charge in [-0.1, -0.05) is 49.7 Å². The van der Waals surface area contributed by atoms with Crippen molar-refractivity contribution in [2.24, 2.45) is 5.92 Å². The van der Waals surface area contributed by atoms with Crippen LogP contribution < -0.4 is 10.1 Å². The van der Waals surface area contributed by atoms with Crippen molar-refractivity contribution in [2.45, 2.75) is 46.3 Å². The Morgan fingerprint density at radius 3 is 2.50 bits per heavy atom. The zero-order valence-electron chi connectivity index (χ0n) is 22.9. The van der Waals surface area contributed by atoms with Crippen LogP contribution in [0.15, 0.2) is 83.3 Å². The van der Waals surface area contributed by atoms with Gasteiger partial charge >= 0.3 is 0 Å². The van der Waals surface area contributed by atoms with Crippen LogP contribution >= 0.6 is 0 Å². The fraction of sp³-hybridized carbons (Fsp3) is 0.273. The fourth-order valence-corrected chi connectivity index (χ4v) is 4.98. The number of rotatable bonds is 8. The number of ether oxygens (including phenoxy) is 1. The number of carbonyl (C=O) groups excluding carboxylic acids is 2. The molecule has 2 amide bonds. The number of benzene rings is 3. The molecule has 3 aromatic carbocycles. The van der Waals surface area contributed by atoms with Crippen molar-refractivity contribution >= 4 is 17.5 Å². The monoisotopic (exact) mass is 540 g/mol. The standard InChI is InChI=1S/C33H33FN2O4/c1-21(2)18-31(37)36-17-16-23-8-13-27(19-29(23)32(36)24-6-4-22(3)5-7-24)39-20-28-14-15-30(40-28)33(38)35-26-11-9-25(34)10-12-26/h4-15,19,21,32H,16-18,20H2,1-3H3,(H,35,38). The molecule has 1 aliphatic rings. The minimum atomic E-state index is -0.432. The quantitative estimate of drug-likeness (QED) is 0.259. The molecule has 7 heteroatoms. The zero-order chi connectivity index (χ0) is 28.2. The highest BCUT2D eigenvalue weighted by Crippen LogP contribution is 2.38. The highest BCUT2D eigenvalue weighted by molar-refractivity contribution is 6.02. The van der Waals surface area contributed by atoms with Crippen molar-refractivity contribution in [1.29, 1.82) is 0 Å². The van der Waals surface area contributed by atoms with Gasteiger partial charge in [0.05, 0.1) is 6.04 Å². The number of nitrogens with zero attached hydrogens (tertiary/aromatic N) is 1. The summed E-state index contributed by atoms with van der Waals surface area (Å²) in [6.07, 6.45) is 1.29. The normalized spacial score (nSPS) is 14.6. The highest BCUT2D eigenvalue weighted by atomic mass is 19.1. The van der Waals surface area contributed by atoms with Gasteiger partial charge in [-0.15, -0.1) is 0 Å². The first-order valence-corrected chi connectivity index (χ1v) is 13.5. The molecule has 0 radical (unpaired) electrons. The lowest BCUT2D eigenvalue weighted by Crippen LogP contribution is -2.41. The Labute approximate surface area is 233 Å². The molecule has 6 nitrogen and oxygen atoms in total. The number of hydrogen-bond donors (Lipinski definition) is 1. The Balaban J connectivity index is 1.33. The van der Waals surface area contributed by atoms with Crippen molar-refractivity contribution in [1.82, 2.24) is 4.90 Å². The van der Waals surface area contributed by atoms with Crippen LogP contribution in [0.3, 0.4) is 0 Å². The van der Waals surface area contributed by atoms with E-state index in [0.717, 1.165) is 17.5 Å². The maximum absolute atomic E-state index is 13.3. The van der Waals surface area contributed by atoms with Crippen molar-refractivity contribution in [2.75, 3.05) is 11.9 Å². The lowest BCUT2D eigenvalue weighted by atomic mass is 9.87. The molecular formula is C33H33FN2O4. The van der Waals surface area contributed by atoms with Gasteiger partial charge in [0.15, 0.2) is 5.76 Å². The van der Waals surface area contributed by atoms with Crippen LogP contribution in [0.4, 0.5) is 10.1 Å². The number of anilines is 1. The van der Waals surface area contributed by atoms with E-state index in [1.807, 2.05) is 17.0 Å². The second-order valence-corrected chi connectivity index (χ2v) is 10.6. The summed E-state index contributed by atoms with van der Waals surface area (Å²) in [7, 11) is 0. The van der Waals surface area contributed by atoms with Crippen LogP contribution in [0.25, 0.3) is 0 Å². The van der Waals surface area contributed by atoms with Crippen molar-refractivity contribution < 1.29 is 23.1 Å². The van der Waals surface area contributed by atoms with Crippen LogP contribution in [-0.4, -0.2) is 23.3 Å². The van der Waals surface area contributed by atoms with E-state index in [1.54, 1.807) is 12.1 Å². The number of carbonyl (C=O) groups is 2. The van der Waals surface area contributed by atoms with Gasteiger partial charge in [0.2, 0.25) is 5.91 Å². The molecule has 40 heavy (non-hydrogen) atoms. The third-order valence-electron chi connectivity index (χ3n) is 7.01. The van der Waals surface area contributed by atoms with Crippen LogP contribution in [-0.2, 0) is 17.8 Å². The summed E-state index contributed by atoms with van der Waals surface area (Å²) in [5.41, 5.74) is 4.97. The molecule has 1 aliphatic heterocycles. The second kappa shape index (κ2) is 11.8. The maximum atomic E-state index is 13.3. The first-order chi connectivity index (χ1) is 19.3. The molecule has 1 atom stereocenters. The summed E-state index contributed by atoms with van der Waals surface area (Å²) in [6, 6.07) is 23.0. The second-order valence-electron chi connectivity index (χ2n) is 10.6. The average Bonchev–Trinajstić information content (AvgIpc) is 3.42. The third-order valence-corrected chi connectivity index (χ3v) is 7.01. The summed E-state index contributed by atoms with van der Waals surface area (Å²) in [5.74, 6) is 0.898. The molecule has 0 saturated carbocycles. The summed E-state index contributed by atoms with van der Waals surface area (Å²) in [6.45, 7) is 6.99. The highest BCUT2D eigenvalue weighted by Gasteiger charge is 2.32. The van der Waals surface area contributed by atoms with E-state index < -0.39 is 5.91 Å². The van der Waals surface area contributed by atoms with Gasteiger partial charge in [0.1, 0.15) is 23.9 Å². The predicted octanol–water partition coefficient (Wildman–Crippen LogP) is 7.08. The first kappa shape index (κ1) is 27.2. The molecule has 4 aromatic rings. The molecule has 2 heterocycles. The van der Waals surface area contributed by atoms with E-state index in [9.17, 15) is 14.0 Å². The molecule has 0 fully saturated rings. The Bertz CT molecular complexity index is 1490. The van der Waals surface area contributed by atoms with E-state index in [-0.39, 0.29) is 36.1 Å². The van der Waals surface area contributed by atoms with E-state index in [2.05, 4.69) is 56.4 Å². The number of nitrogens with one attached hydrogen (secondary N) is 1. The van der Waals surface area contributed by atoms with E-state index in [0.29, 0.717) is 30.2 Å². The first-order valence-electron chi connectivity index (χ1n) is 13.5. The summed E-state index contributed by atoms with van der Waals surface area (Å²) in [5, 5.41) is 2.68. The van der Waals surface area contributed by atoms with E-state index >= 15 is 0 Å². The number of furan rings is 1. The van der Waals surface area contributed by atoms with Crippen molar-refractivity contribution in [3.05, 3.63) is 118 Å². The average molecular weight is 541 g/mol. The van der Waals surface area contributed by atoms with Crippen LogP contribution in [0.1, 0.15) is 64.9 Å². The molecule has 0 saturated heterocycles. The van der Waals surface area contributed by atoms with Gasteiger partial charge in [-0.3, -0.25) is 9.59 Å². The van der Waals surface area contributed by atoms with Gasteiger partial charge in [0.25, 0.3) is 5.91 Å². The van der Waals surface area contributed by atoms with Crippen molar-refractivity contribution in [3.8, 4) is 5.75 Å². The van der Waals surface area contributed by atoms with Gasteiger partial charge in [-0.05, 0) is 84.5 Å². The van der Waals surface area contributed by atoms with E-state index in [4.69, 9.17) is 9.15 Å². The van der Waals surface area contributed by atoms with E-state index in [1.165, 1.54) is 35.4 Å². The van der Waals surface area contributed by atoms with Crippen LogP contribution in [0, 0.1) is 18.7 Å². The summed E-state index contributed by atoms with van der Waals surface area (Å²) in [4.78, 5) is 27.8. The summed E-state index contributed by atoms with van der Waals surface area (Å²) >= 11 is 0. The maximum Gasteiger partial charge on any atom is 0.291 e. The molecule has 206 valence electrons. The number of amides is 2. The molecule has 1 aromatic heterocycles. The Morgan fingerprint density at radius 1 is 1.02 bits per heavy atom. The fourth-order valence-electron chi connectivity index (χ4n) is 4.98. The minimum absolute atomic E-state index is 0.132. The Hall–Kier alpha value is -4.39. The Kier molecular flexibility index (Phi) is 8.01. The lowest BCUT2D eigenvalue weighted by Gasteiger charge is -2.38. The molecular weight excluding hydrogens is 507 g/mol. The summed E-state index contributed by atoms with van der Waals surface area (Å²) < 4.78 is 24.9. The molecule has 5 rings (SSSR count). The predicted molar refractivity (Wildman–Crippen MR) is 152 cm³/mol. The minimum Gasteiger partial charge on any atom is -0.486 e. The number of halogens is 1. The largest absolute Gasteiger partial charge is 0.486 e. The topological polar surface area (TPSA) is 71.8 Å². The molecule has 0 bridgehead atoms. The lowest BCUT2D eigenvalue weighted by molar-refractivity contribution is -0.134. The van der Waals surface area contributed by atoms with Gasteiger partial charge in [-0.2, -0.15) is 0 Å². The number of hydrogen-bond acceptors (Lipinski definition) is 4.